The van der Waals surface area contributed by atoms with Crippen LogP contribution >= 0.6 is 15.9 Å². The molecule has 0 aliphatic carbocycles. The van der Waals surface area contributed by atoms with Crippen molar-refractivity contribution in [3.63, 3.8) is 0 Å². The van der Waals surface area contributed by atoms with E-state index in [1.165, 1.54) is 0 Å². The van der Waals surface area contributed by atoms with E-state index in [9.17, 15) is 4.39 Å². The lowest BCUT2D eigenvalue weighted by Gasteiger charge is -2.23. The smallest absolute Gasteiger partial charge is 0.142 e. The predicted molar refractivity (Wildman–Crippen MR) is 85.7 cm³/mol. The number of rotatable bonds is 4. The summed E-state index contributed by atoms with van der Waals surface area (Å²) in [4.78, 5) is 0. The first-order valence-corrected chi connectivity index (χ1v) is 7.34. The van der Waals surface area contributed by atoms with E-state index in [0.717, 1.165) is 16.7 Å². The average molecular weight is 353 g/mol. The fourth-order valence-electron chi connectivity index (χ4n) is 2.55. The van der Waals surface area contributed by atoms with Crippen LogP contribution < -0.4 is 16.0 Å². The SMILES string of the molecule is COc1cc(C)cc(C)c1C(NN)c1cccc(Br)c1F. The fourth-order valence-corrected chi connectivity index (χ4v) is 2.93. The molecule has 0 spiro atoms. The molecular formula is C16H18BrFN2O. The Balaban J connectivity index is 2.64. The molecule has 0 radical (unpaired) electrons. The highest BCUT2D eigenvalue weighted by molar-refractivity contribution is 9.10. The zero-order valence-corrected chi connectivity index (χ0v) is 13.8. The molecule has 0 amide bonds. The number of aryl methyl sites for hydroxylation is 2. The number of halogens is 2. The Labute approximate surface area is 132 Å². The molecule has 5 heteroatoms. The standard InChI is InChI=1S/C16H18BrFN2O/c1-9-7-10(2)14(13(8-9)21-3)16(20-19)11-5-4-6-12(17)15(11)18/h4-8,16,20H,19H2,1-3H3. The van der Waals surface area contributed by atoms with Crippen molar-refractivity contribution in [1.82, 2.24) is 5.43 Å². The highest BCUT2D eigenvalue weighted by Crippen LogP contribution is 2.35. The van der Waals surface area contributed by atoms with Crippen LogP contribution in [0, 0.1) is 19.7 Å². The maximum absolute atomic E-state index is 14.4. The summed E-state index contributed by atoms with van der Waals surface area (Å²) >= 11 is 3.21. The average Bonchev–Trinajstić information content (AvgIpc) is 2.45. The van der Waals surface area contributed by atoms with Gasteiger partial charge in [0.1, 0.15) is 11.6 Å². The van der Waals surface area contributed by atoms with Gasteiger partial charge in [0, 0.05) is 11.1 Å². The van der Waals surface area contributed by atoms with E-state index in [-0.39, 0.29) is 5.82 Å². The normalized spacial score (nSPS) is 12.3. The third-order valence-electron chi connectivity index (χ3n) is 3.46. The molecule has 3 nitrogen and oxygen atoms in total. The van der Waals surface area contributed by atoms with Crippen LogP contribution in [0.15, 0.2) is 34.8 Å². The van der Waals surface area contributed by atoms with Crippen molar-refractivity contribution < 1.29 is 9.13 Å². The van der Waals surface area contributed by atoms with Crippen LogP contribution in [0.25, 0.3) is 0 Å². The van der Waals surface area contributed by atoms with Crippen LogP contribution in [0.5, 0.6) is 5.75 Å². The summed E-state index contributed by atoms with van der Waals surface area (Å²) in [5, 5.41) is 0. The zero-order chi connectivity index (χ0) is 15.6. The number of benzene rings is 2. The number of hydrogen-bond acceptors (Lipinski definition) is 3. The summed E-state index contributed by atoms with van der Waals surface area (Å²) in [5.41, 5.74) is 6.08. The van der Waals surface area contributed by atoms with E-state index >= 15 is 0 Å². The molecular weight excluding hydrogens is 335 g/mol. The lowest BCUT2D eigenvalue weighted by Crippen LogP contribution is -2.30. The largest absolute Gasteiger partial charge is 0.496 e. The highest BCUT2D eigenvalue weighted by atomic mass is 79.9. The molecule has 1 unspecified atom stereocenters. The molecule has 0 heterocycles. The van der Waals surface area contributed by atoms with Gasteiger partial charge in [0.05, 0.1) is 17.6 Å². The van der Waals surface area contributed by atoms with Crippen LogP contribution in [0.1, 0.15) is 28.3 Å². The van der Waals surface area contributed by atoms with E-state index in [2.05, 4.69) is 21.4 Å². The fraction of sp³-hybridized carbons (Fsp3) is 0.250. The number of nitrogens with one attached hydrogen (secondary N) is 1. The molecule has 2 aromatic carbocycles. The highest BCUT2D eigenvalue weighted by Gasteiger charge is 2.23. The Kier molecular flexibility index (Phi) is 4.98. The van der Waals surface area contributed by atoms with E-state index in [1.807, 2.05) is 26.0 Å². The molecule has 0 aliphatic heterocycles. The van der Waals surface area contributed by atoms with Crippen LogP contribution in [0.2, 0.25) is 0 Å². The van der Waals surface area contributed by atoms with Gasteiger partial charge in [-0.2, -0.15) is 0 Å². The summed E-state index contributed by atoms with van der Waals surface area (Å²) in [6, 6.07) is 8.61. The van der Waals surface area contributed by atoms with Gasteiger partial charge in [-0.25, -0.2) is 9.82 Å². The molecule has 0 fully saturated rings. The van der Waals surface area contributed by atoms with Crippen molar-refractivity contribution in [2.24, 2.45) is 5.84 Å². The van der Waals surface area contributed by atoms with Gasteiger partial charge in [-0.1, -0.05) is 18.2 Å². The Bertz CT molecular complexity index is 661. The summed E-state index contributed by atoms with van der Waals surface area (Å²) in [7, 11) is 1.60. The summed E-state index contributed by atoms with van der Waals surface area (Å²) < 4.78 is 20.2. The molecule has 1 atom stereocenters. The Morgan fingerprint density at radius 3 is 2.62 bits per heavy atom. The Hall–Kier alpha value is -1.43. The maximum atomic E-state index is 14.4. The van der Waals surface area contributed by atoms with E-state index in [4.69, 9.17) is 10.6 Å². The zero-order valence-electron chi connectivity index (χ0n) is 12.2. The molecule has 0 aromatic heterocycles. The molecule has 0 bridgehead atoms. The van der Waals surface area contributed by atoms with Crippen molar-refractivity contribution in [3.05, 3.63) is 62.9 Å². The van der Waals surface area contributed by atoms with Gasteiger partial charge in [-0.05, 0) is 53.0 Å². The van der Waals surface area contributed by atoms with Crippen molar-refractivity contribution in [1.29, 1.82) is 0 Å². The van der Waals surface area contributed by atoms with Crippen molar-refractivity contribution >= 4 is 15.9 Å². The van der Waals surface area contributed by atoms with Crippen molar-refractivity contribution in [2.45, 2.75) is 19.9 Å². The van der Waals surface area contributed by atoms with Crippen LogP contribution in [0.3, 0.4) is 0 Å². The second-order valence-electron chi connectivity index (χ2n) is 4.94. The predicted octanol–water partition coefficient (Wildman–Crippen LogP) is 3.77. The molecule has 112 valence electrons. The third kappa shape index (κ3) is 3.10. The van der Waals surface area contributed by atoms with Crippen LogP contribution in [0.4, 0.5) is 4.39 Å². The topological polar surface area (TPSA) is 47.3 Å². The summed E-state index contributed by atoms with van der Waals surface area (Å²) in [6.07, 6.45) is 0. The van der Waals surface area contributed by atoms with Gasteiger partial charge < -0.3 is 4.74 Å². The third-order valence-corrected chi connectivity index (χ3v) is 4.07. The van der Waals surface area contributed by atoms with Crippen LogP contribution in [-0.2, 0) is 0 Å². The Morgan fingerprint density at radius 1 is 1.29 bits per heavy atom. The van der Waals surface area contributed by atoms with Crippen molar-refractivity contribution in [3.8, 4) is 5.75 Å². The molecule has 2 rings (SSSR count). The monoisotopic (exact) mass is 352 g/mol. The minimum atomic E-state index is -0.488. The second-order valence-corrected chi connectivity index (χ2v) is 5.79. The molecule has 2 aromatic rings. The lowest BCUT2D eigenvalue weighted by molar-refractivity contribution is 0.402. The molecule has 3 N–H and O–H groups in total. The van der Waals surface area contributed by atoms with Gasteiger partial charge >= 0.3 is 0 Å². The molecule has 0 aliphatic rings. The Morgan fingerprint density at radius 2 is 2.00 bits per heavy atom. The lowest BCUT2D eigenvalue weighted by atomic mass is 9.93. The minimum Gasteiger partial charge on any atom is -0.496 e. The van der Waals surface area contributed by atoms with Gasteiger partial charge in [0.15, 0.2) is 0 Å². The van der Waals surface area contributed by atoms with E-state index in [0.29, 0.717) is 15.8 Å². The molecule has 0 saturated carbocycles. The molecule has 21 heavy (non-hydrogen) atoms. The first-order chi connectivity index (χ1) is 9.99. The van der Waals surface area contributed by atoms with E-state index in [1.54, 1.807) is 25.3 Å². The van der Waals surface area contributed by atoms with Gasteiger partial charge in [0.25, 0.3) is 0 Å². The van der Waals surface area contributed by atoms with Crippen molar-refractivity contribution in [2.75, 3.05) is 7.11 Å². The molecule has 0 saturated heterocycles. The number of ether oxygens (including phenoxy) is 1. The number of hydrogen-bond donors (Lipinski definition) is 2. The van der Waals surface area contributed by atoms with E-state index < -0.39 is 6.04 Å². The second kappa shape index (κ2) is 6.56. The number of hydrazine groups is 1. The van der Waals surface area contributed by atoms with Gasteiger partial charge in [-0.3, -0.25) is 5.84 Å². The summed E-state index contributed by atoms with van der Waals surface area (Å²) in [5.74, 6) is 6.06. The summed E-state index contributed by atoms with van der Waals surface area (Å²) in [6.45, 7) is 3.95. The van der Waals surface area contributed by atoms with Gasteiger partial charge in [0.2, 0.25) is 0 Å². The maximum Gasteiger partial charge on any atom is 0.142 e. The minimum absolute atomic E-state index is 0.331. The quantitative estimate of drug-likeness (QED) is 0.650. The first kappa shape index (κ1) is 15.9. The number of nitrogens with two attached hydrogens (primary N) is 1. The number of methoxy groups -OCH3 is 1. The van der Waals surface area contributed by atoms with Crippen LogP contribution in [-0.4, -0.2) is 7.11 Å². The first-order valence-electron chi connectivity index (χ1n) is 6.54. The van der Waals surface area contributed by atoms with Gasteiger partial charge in [-0.15, -0.1) is 0 Å².